The molecule has 1 fully saturated rings. The van der Waals surface area contributed by atoms with Crippen LogP contribution in [-0.4, -0.2) is 29.3 Å². The summed E-state index contributed by atoms with van der Waals surface area (Å²) in [7, 11) is 0. The van der Waals surface area contributed by atoms with Crippen LogP contribution in [0.2, 0.25) is 0 Å². The van der Waals surface area contributed by atoms with E-state index in [0.29, 0.717) is 6.54 Å². The lowest BCUT2D eigenvalue weighted by Gasteiger charge is -2.07. The summed E-state index contributed by atoms with van der Waals surface area (Å²) in [4.78, 5) is 23.1. The maximum absolute atomic E-state index is 11.0. The Kier molecular flexibility index (Phi) is 1.72. The fourth-order valence-electron chi connectivity index (χ4n) is 1.08. The van der Waals surface area contributed by atoms with Crippen molar-refractivity contribution < 1.29 is 15.3 Å². The SMILES string of the molecule is CCN1C(=O)CC([NH3+])C1=O. The van der Waals surface area contributed by atoms with Crippen molar-refractivity contribution in [2.24, 2.45) is 0 Å². The van der Waals surface area contributed by atoms with Crippen LogP contribution in [-0.2, 0) is 9.59 Å². The third-order valence-corrected chi connectivity index (χ3v) is 1.65. The summed E-state index contributed by atoms with van der Waals surface area (Å²) in [5.74, 6) is -0.222. The monoisotopic (exact) mass is 143 g/mol. The Balaban J connectivity index is 2.74. The van der Waals surface area contributed by atoms with E-state index in [9.17, 15) is 9.59 Å². The number of carbonyl (C=O) groups excluding carboxylic acids is 2. The number of hydrogen-bond donors (Lipinski definition) is 1. The highest BCUT2D eigenvalue weighted by Gasteiger charge is 2.37. The fourth-order valence-corrected chi connectivity index (χ4v) is 1.08. The van der Waals surface area contributed by atoms with E-state index in [-0.39, 0.29) is 24.3 Å². The molecule has 2 amide bonds. The third kappa shape index (κ3) is 0.903. The summed E-state index contributed by atoms with van der Waals surface area (Å²) in [6.45, 7) is 2.26. The molecular formula is C6H11N2O2+. The second-order valence-electron chi connectivity index (χ2n) is 2.38. The highest BCUT2D eigenvalue weighted by molar-refractivity contribution is 6.04. The van der Waals surface area contributed by atoms with Gasteiger partial charge in [0.1, 0.15) is 0 Å². The Labute approximate surface area is 59.0 Å². The average Bonchev–Trinajstić information content (AvgIpc) is 2.09. The number of amides is 2. The normalized spacial score (nSPS) is 26.2. The molecule has 0 saturated carbocycles. The van der Waals surface area contributed by atoms with E-state index < -0.39 is 0 Å². The largest absolute Gasteiger partial charge is 0.347 e. The number of likely N-dealkylation sites (N-methyl/N-ethyl adjacent to an activating group) is 1. The summed E-state index contributed by atoms with van der Waals surface area (Å²) in [6.07, 6.45) is 0.284. The van der Waals surface area contributed by atoms with Gasteiger partial charge in [0.15, 0.2) is 6.04 Å². The van der Waals surface area contributed by atoms with Crippen molar-refractivity contribution >= 4 is 11.8 Å². The molecule has 0 bridgehead atoms. The number of imide groups is 1. The lowest BCUT2D eigenvalue weighted by molar-refractivity contribution is -0.400. The van der Waals surface area contributed by atoms with Crippen LogP contribution in [0.1, 0.15) is 13.3 Å². The van der Waals surface area contributed by atoms with Crippen molar-refractivity contribution in [2.45, 2.75) is 19.4 Å². The van der Waals surface area contributed by atoms with Gasteiger partial charge >= 0.3 is 0 Å². The molecule has 10 heavy (non-hydrogen) atoms. The predicted octanol–water partition coefficient (Wildman–Crippen LogP) is -1.62. The maximum Gasteiger partial charge on any atom is 0.287 e. The van der Waals surface area contributed by atoms with Crippen LogP contribution >= 0.6 is 0 Å². The summed E-state index contributed by atoms with van der Waals surface area (Å²) in [5.41, 5.74) is 3.56. The molecule has 0 spiro atoms. The van der Waals surface area contributed by atoms with Gasteiger partial charge in [-0.3, -0.25) is 14.5 Å². The molecule has 56 valence electrons. The van der Waals surface area contributed by atoms with Gasteiger partial charge in [-0.15, -0.1) is 0 Å². The van der Waals surface area contributed by atoms with Gasteiger partial charge < -0.3 is 5.73 Å². The first-order valence-electron chi connectivity index (χ1n) is 3.34. The molecule has 1 rings (SSSR count). The second kappa shape index (κ2) is 2.38. The summed E-state index contributed by atoms with van der Waals surface area (Å²) in [5, 5.41) is 0. The van der Waals surface area contributed by atoms with Gasteiger partial charge in [-0.25, -0.2) is 0 Å². The minimum atomic E-state index is -0.340. The highest BCUT2D eigenvalue weighted by atomic mass is 16.2. The quantitative estimate of drug-likeness (QED) is 0.448. The first-order valence-corrected chi connectivity index (χ1v) is 3.34. The molecule has 1 heterocycles. The van der Waals surface area contributed by atoms with Crippen LogP contribution in [0.4, 0.5) is 0 Å². The van der Waals surface area contributed by atoms with E-state index in [4.69, 9.17) is 0 Å². The molecule has 0 radical (unpaired) electrons. The summed E-state index contributed by atoms with van der Waals surface area (Å²) >= 11 is 0. The third-order valence-electron chi connectivity index (χ3n) is 1.65. The molecule has 1 saturated heterocycles. The number of rotatable bonds is 1. The predicted molar refractivity (Wildman–Crippen MR) is 33.7 cm³/mol. The molecular weight excluding hydrogens is 132 g/mol. The van der Waals surface area contributed by atoms with E-state index in [1.165, 1.54) is 4.90 Å². The molecule has 1 atom stereocenters. The Hall–Kier alpha value is -0.900. The molecule has 1 aliphatic heterocycles. The minimum Gasteiger partial charge on any atom is -0.347 e. The summed E-state index contributed by atoms with van der Waals surface area (Å²) < 4.78 is 0. The fraction of sp³-hybridized carbons (Fsp3) is 0.667. The van der Waals surface area contributed by atoms with Gasteiger partial charge in [0, 0.05) is 6.54 Å². The number of nitrogens with zero attached hydrogens (tertiary/aromatic N) is 1. The molecule has 0 aromatic carbocycles. The van der Waals surface area contributed by atoms with Gasteiger partial charge in [0.25, 0.3) is 5.91 Å². The number of likely N-dealkylation sites (tertiary alicyclic amines) is 1. The Morgan fingerprint density at radius 3 is 2.50 bits per heavy atom. The molecule has 3 N–H and O–H groups in total. The zero-order valence-electron chi connectivity index (χ0n) is 5.96. The van der Waals surface area contributed by atoms with Gasteiger partial charge in [-0.2, -0.15) is 0 Å². The van der Waals surface area contributed by atoms with Crippen LogP contribution in [0.3, 0.4) is 0 Å². The lowest BCUT2D eigenvalue weighted by Crippen LogP contribution is -2.64. The van der Waals surface area contributed by atoms with E-state index in [1.807, 2.05) is 0 Å². The van der Waals surface area contributed by atoms with Gasteiger partial charge in [-0.1, -0.05) is 0 Å². The van der Waals surface area contributed by atoms with Crippen LogP contribution in [0.5, 0.6) is 0 Å². The Bertz CT molecular complexity index is 179. The van der Waals surface area contributed by atoms with Crippen LogP contribution in [0, 0.1) is 0 Å². The van der Waals surface area contributed by atoms with E-state index in [0.717, 1.165) is 0 Å². The first-order chi connectivity index (χ1) is 4.66. The second-order valence-corrected chi connectivity index (χ2v) is 2.38. The van der Waals surface area contributed by atoms with Crippen molar-refractivity contribution in [2.75, 3.05) is 6.54 Å². The number of carbonyl (C=O) groups is 2. The average molecular weight is 143 g/mol. The Morgan fingerprint density at radius 2 is 2.30 bits per heavy atom. The van der Waals surface area contributed by atoms with Gasteiger partial charge in [0.2, 0.25) is 5.91 Å². The van der Waals surface area contributed by atoms with E-state index >= 15 is 0 Å². The summed E-state index contributed by atoms with van der Waals surface area (Å²) in [6, 6.07) is -0.340. The number of quaternary nitrogens is 1. The van der Waals surface area contributed by atoms with Crippen molar-refractivity contribution in [3.63, 3.8) is 0 Å². The molecule has 4 nitrogen and oxygen atoms in total. The van der Waals surface area contributed by atoms with E-state index in [2.05, 4.69) is 5.73 Å². The van der Waals surface area contributed by atoms with Gasteiger partial charge in [-0.05, 0) is 6.92 Å². The molecule has 4 heteroatoms. The zero-order valence-corrected chi connectivity index (χ0v) is 5.96. The maximum atomic E-state index is 11.0. The van der Waals surface area contributed by atoms with Crippen molar-refractivity contribution in [3.05, 3.63) is 0 Å². The molecule has 1 unspecified atom stereocenters. The molecule has 0 aromatic rings. The zero-order chi connectivity index (χ0) is 7.72. The van der Waals surface area contributed by atoms with Crippen molar-refractivity contribution in [3.8, 4) is 0 Å². The molecule has 1 aliphatic rings. The van der Waals surface area contributed by atoms with E-state index in [1.54, 1.807) is 6.92 Å². The lowest BCUT2D eigenvalue weighted by atomic mass is 10.3. The van der Waals surface area contributed by atoms with Crippen molar-refractivity contribution in [1.29, 1.82) is 0 Å². The first kappa shape index (κ1) is 7.21. The van der Waals surface area contributed by atoms with Gasteiger partial charge in [0.05, 0.1) is 6.42 Å². The minimum absolute atomic E-state index is 0.0903. The van der Waals surface area contributed by atoms with Crippen LogP contribution in [0.15, 0.2) is 0 Å². The number of hydrogen-bond acceptors (Lipinski definition) is 2. The highest BCUT2D eigenvalue weighted by Crippen LogP contribution is 2.08. The van der Waals surface area contributed by atoms with Crippen molar-refractivity contribution in [1.82, 2.24) is 4.90 Å². The molecule has 0 aliphatic carbocycles. The standard InChI is InChI=1S/C6H10N2O2/c1-2-8-5(9)3-4(7)6(8)10/h4H,2-3,7H2,1H3/p+1. The molecule has 0 aromatic heterocycles. The Morgan fingerprint density at radius 1 is 1.70 bits per heavy atom. The topological polar surface area (TPSA) is 65.0 Å². The van der Waals surface area contributed by atoms with Crippen LogP contribution in [0.25, 0.3) is 0 Å². The van der Waals surface area contributed by atoms with Crippen LogP contribution < -0.4 is 5.73 Å². The smallest absolute Gasteiger partial charge is 0.287 e.